The second-order valence-electron chi connectivity index (χ2n) is 9.40. The number of amides is 1. The van der Waals surface area contributed by atoms with E-state index in [4.69, 9.17) is 12.2 Å². The summed E-state index contributed by atoms with van der Waals surface area (Å²) in [6, 6.07) is 17.5. The Labute approximate surface area is 226 Å². The van der Waals surface area contributed by atoms with Gasteiger partial charge in [-0.1, -0.05) is 12.1 Å². The molecule has 7 nitrogen and oxygen atoms in total. The molecule has 4 heterocycles. The fourth-order valence-electron chi connectivity index (χ4n) is 5.01. The van der Waals surface area contributed by atoms with Gasteiger partial charge in [0.05, 0.1) is 17.8 Å². The third-order valence-electron chi connectivity index (χ3n) is 6.90. The van der Waals surface area contributed by atoms with Crippen molar-refractivity contribution in [1.29, 1.82) is 0 Å². The fraction of sp³-hybridized carbons (Fsp3) is 0.241. The van der Waals surface area contributed by atoms with Crippen molar-refractivity contribution < 1.29 is 9.18 Å². The molecule has 5 rings (SSSR count). The summed E-state index contributed by atoms with van der Waals surface area (Å²) in [7, 11) is 0. The molecule has 1 aliphatic rings. The van der Waals surface area contributed by atoms with Crippen LogP contribution in [0, 0.1) is 19.7 Å². The third kappa shape index (κ3) is 5.43. The van der Waals surface area contributed by atoms with Gasteiger partial charge < -0.3 is 20.1 Å². The van der Waals surface area contributed by atoms with E-state index in [9.17, 15) is 9.18 Å². The Kier molecular flexibility index (Phi) is 7.46. The first-order chi connectivity index (χ1) is 18.4. The molecule has 1 amide bonds. The molecule has 4 aromatic rings. The molecule has 2 N–H and O–H groups in total. The first-order valence-corrected chi connectivity index (χ1v) is 12.9. The molecule has 194 valence electrons. The van der Waals surface area contributed by atoms with Crippen LogP contribution in [0.4, 0.5) is 10.1 Å². The van der Waals surface area contributed by atoms with E-state index in [-0.39, 0.29) is 30.2 Å². The van der Waals surface area contributed by atoms with Gasteiger partial charge in [0.2, 0.25) is 5.91 Å². The monoisotopic (exact) mass is 528 g/mol. The number of carbonyl (C=O) groups excluding carboxylic acids is 1. The lowest BCUT2D eigenvalue weighted by Gasteiger charge is -2.28. The molecule has 9 heteroatoms. The number of aryl methyl sites for hydroxylation is 1. The summed E-state index contributed by atoms with van der Waals surface area (Å²) < 4.78 is 15.5. The second kappa shape index (κ2) is 11.1. The lowest BCUT2D eigenvalue weighted by molar-refractivity contribution is -0.116. The Morgan fingerprint density at radius 3 is 2.63 bits per heavy atom. The number of nitrogens with one attached hydrogen (secondary N) is 2. The van der Waals surface area contributed by atoms with Crippen LogP contribution in [0.2, 0.25) is 0 Å². The summed E-state index contributed by atoms with van der Waals surface area (Å²) in [5.74, 6) is -0.512. The maximum absolute atomic E-state index is 13.2. The van der Waals surface area contributed by atoms with Crippen molar-refractivity contribution in [3.8, 4) is 0 Å². The van der Waals surface area contributed by atoms with Crippen LogP contribution in [0.15, 0.2) is 79.3 Å². The van der Waals surface area contributed by atoms with Crippen molar-refractivity contribution in [2.45, 2.75) is 38.9 Å². The summed E-state index contributed by atoms with van der Waals surface area (Å²) in [4.78, 5) is 23.7. The van der Waals surface area contributed by atoms with Crippen molar-refractivity contribution in [2.24, 2.45) is 0 Å². The van der Waals surface area contributed by atoms with Gasteiger partial charge in [-0.2, -0.15) is 0 Å². The molecule has 0 aliphatic carbocycles. The lowest BCUT2D eigenvalue weighted by Crippen LogP contribution is -2.33. The average Bonchev–Trinajstić information content (AvgIpc) is 3.40. The quantitative estimate of drug-likeness (QED) is 0.311. The van der Waals surface area contributed by atoms with Gasteiger partial charge in [-0.3, -0.25) is 14.8 Å². The van der Waals surface area contributed by atoms with Crippen LogP contribution < -0.4 is 10.6 Å². The molecule has 1 fully saturated rings. The maximum atomic E-state index is 13.2. The molecular weight excluding hydrogens is 499 g/mol. The molecule has 0 bridgehead atoms. The minimum atomic E-state index is -0.346. The normalized spacial score (nSPS) is 16.9. The van der Waals surface area contributed by atoms with E-state index in [1.165, 1.54) is 12.1 Å². The summed E-state index contributed by atoms with van der Waals surface area (Å²) in [5.41, 5.74) is 5.96. The van der Waals surface area contributed by atoms with Gasteiger partial charge in [0.15, 0.2) is 5.11 Å². The smallest absolute Gasteiger partial charge is 0.226 e. The van der Waals surface area contributed by atoms with E-state index in [1.807, 2.05) is 30.5 Å². The number of halogens is 1. The molecule has 1 saturated heterocycles. The minimum Gasteiger partial charge on any atom is -0.352 e. The summed E-state index contributed by atoms with van der Waals surface area (Å²) in [6.07, 6.45) is 5.66. The number of aromatic nitrogens is 3. The van der Waals surface area contributed by atoms with Gasteiger partial charge in [0.1, 0.15) is 5.82 Å². The van der Waals surface area contributed by atoms with Crippen LogP contribution in [-0.4, -0.2) is 37.0 Å². The van der Waals surface area contributed by atoms with Crippen molar-refractivity contribution in [3.63, 3.8) is 0 Å². The Hall–Kier alpha value is -4.11. The number of carbonyl (C=O) groups is 1. The number of rotatable bonds is 8. The van der Waals surface area contributed by atoms with E-state index in [0.717, 1.165) is 28.2 Å². The Morgan fingerprint density at radius 2 is 1.92 bits per heavy atom. The molecule has 0 spiro atoms. The fourth-order valence-corrected chi connectivity index (χ4v) is 5.34. The SMILES string of the molecule is Cc1cc([C@@H]2[C@H](c3ccccn3)NC(=S)N2CCC(=O)Nc2ccc(F)cc2)c(C)n1Cc1cccnc1. The van der Waals surface area contributed by atoms with E-state index >= 15 is 0 Å². The van der Waals surface area contributed by atoms with Crippen LogP contribution in [0.3, 0.4) is 0 Å². The van der Waals surface area contributed by atoms with Crippen LogP contribution in [0.25, 0.3) is 0 Å². The number of hydrogen-bond donors (Lipinski definition) is 2. The lowest BCUT2D eigenvalue weighted by atomic mass is 9.96. The molecule has 1 aromatic carbocycles. The molecule has 1 aliphatic heterocycles. The first kappa shape index (κ1) is 25.5. The molecule has 3 aromatic heterocycles. The highest BCUT2D eigenvalue weighted by Crippen LogP contribution is 2.41. The predicted octanol–water partition coefficient (Wildman–Crippen LogP) is 5.08. The highest BCUT2D eigenvalue weighted by Gasteiger charge is 2.41. The van der Waals surface area contributed by atoms with Gasteiger partial charge >= 0.3 is 0 Å². The second-order valence-corrected chi connectivity index (χ2v) is 9.79. The number of benzene rings is 1. The van der Waals surface area contributed by atoms with Gasteiger partial charge in [-0.05, 0) is 85.7 Å². The molecule has 0 unspecified atom stereocenters. The predicted molar refractivity (Wildman–Crippen MR) is 149 cm³/mol. The number of thiocarbonyl (C=S) groups is 1. The maximum Gasteiger partial charge on any atom is 0.226 e. The molecule has 0 radical (unpaired) electrons. The van der Waals surface area contributed by atoms with Crippen molar-refractivity contribution in [1.82, 2.24) is 24.8 Å². The van der Waals surface area contributed by atoms with E-state index in [0.29, 0.717) is 23.9 Å². The molecule has 0 saturated carbocycles. The van der Waals surface area contributed by atoms with Crippen molar-refractivity contribution in [3.05, 3.63) is 113 Å². The Morgan fingerprint density at radius 1 is 1.11 bits per heavy atom. The first-order valence-electron chi connectivity index (χ1n) is 12.5. The third-order valence-corrected chi connectivity index (χ3v) is 7.25. The molecular formula is C29H29FN6OS. The number of nitrogens with zero attached hydrogens (tertiary/aromatic N) is 4. The van der Waals surface area contributed by atoms with Crippen LogP contribution in [0.1, 0.15) is 46.7 Å². The zero-order valence-corrected chi connectivity index (χ0v) is 22.1. The molecule has 38 heavy (non-hydrogen) atoms. The van der Waals surface area contributed by atoms with Crippen LogP contribution >= 0.6 is 12.2 Å². The van der Waals surface area contributed by atoms with Gasteiger partial charge in [-0.15, -0.1) is 0 Å². The van der Waals surface area contributed by atoms with Crippen LogP contribution in [-0.2, 0) is 11.3 Å². The van der Waals surface area contributed by atoms with Gasteiger partial charge in [-0.25, -0.2) is 4.39 Å². The van der Waals surface area contributed by atoms with Crippen LogP contribution in [0.5, 0.6) is 0 Å². The average molecular weight is 529 g/mol. The van der Waals surface area contributed by atoms with Crippen molar-refractivity contribution in [2.75, 3.05) is 11.9 Å². The summed E-state index contributed by atoms with van der Waals surface area (Å²) in [5, 5.41) is 6.88. The zero-order chi connectivity index (χ0) is 26.6. The highest BCUT2D eigenvalue weighted by atomic mass is 32.1. The van der Waals surface area contributed by atoms with Gasteiger partial charge in [0, 0.05) is 55.2 Å². The largest absolute Gasteiger partial charge is 0.352 e. The Bertz CT molecular complexity index is 1420. The zero-order valence-electron chi connectivity index (χ0n) is 21.3. The van der Waals surface area contributed by atoms with Crippen molar-refractivity contribution >= 4 is 28.9 Å². The topological polar surface area (TPSA) is 75.1 Å². The van der Waals surface area contributed by atoms with E-state index < -0.39 is 0 Å². The van der Waals surface area contributed by atoms with E-state index in [1.54, 1.807) is 24.5 Å². The minimum absolute atomic E-state index is 0.148. The standard InChI is InChI=1S/C29H29FN6OS/c1-19-16-24(20(2)36(19)18-21-6-5-13-31-17-21)28-27(25-7-3-4-14-32-25)34-29(38)35(28)15-12-26(37)33-23-10-8-22(30)9-11-23/h3-11,13-14,16-17,27-28H,12,15,18H2,1-2H3,(H,33,37)(H,34,38)/t27-,28+/m0/s1. The summed E-state index contributed by atoms with van der Waals surface area (Å²) >= 11 is 5.78. The Balaban J connectivity index is 1.42. The number of pyridine rings is 2. The highest BCUT2D eigenvalue weighted by molar-refractivity contribution is 7.80. The summed E-state index contributed by atoms with van der Waals surface area (Å²) in [6.45, 7) is 5.35. The number of anilines is 1. The molecule has 2 atom stereocenters. The van der Waals surface area contributed by atoms with E-state index in [2.05, 4.69) is 56.0 Å². The van der Waals surface area contributed by atoms with Gasteiger partial charge in [0.25, 0.3) is 0 Å². The number of hydrogen-bond acceptors (Lipinski definition) is 4.